The first kappa shape index (κ1) is 11.0. The maximum Gasteiger partial charge on any atom is 0.00977 e. The Morgan fingerprint density at radius 1 is 1.15 bits per heavy atom. The zero-order valence-corrected chi connectivity index (χ0v) is 9.64. The minimum Gasteiger partial charge on any atom is -0.311 e. The monoisotopic (exact) mass is 183 g/mol. The normalized spacial score (nSPS) is 35.3. The molecule has 0 aromatic carbocycles. The lowest BCUT2D eigenvalue weighted by Gasteiger charge is -2.39. The van der Waals surface area contributed by atoms with E-state index >= 15 is 0 Å². The Balaban J connectivity index is 2.50. The van der Waals surface area contributed by atoms with Crippen LogP contribution < -0.4 is 5.32 Å². The van der Waals surface area contributed by atoms with E-state index in [9.17, 15) is 0 Å². The Morgan fingerprint density at radius 2 is 1.85 bits per heavy atom. The van der Waals surface area contributed by atoms with Crippen molar-refractivity contribution >= 4 is 0 Å². The highest BCUT2D eigenvalue weighted by atomic mass is 15.0. The smallest absolute Gasteiger partial charge is 0.00977 e. The predicted molar refractivity (Wildman–Crippen MR) is 58.9 cm³/mol. The van der Waals surface area contributed by atoms with E-state index in [1.54, 1.807) is 0 Å². The van der Waals surface area contributed by atoms with Gasteiger partial charge >= 0.3 is 0 Å². The third-order valence-corrected chi connectivity index (χ3v) is 3.60. The van der Waals surface area contributed by atoms with Crippen LogP contribution in [-0.2, 0) is 0 Å². The molecule has 1 rings (SSSR count). The van der Waals surface area contributed by atoms with E-state index in [-0.39, 0.29) is 0 Å². The summed E-state index contributed by atoms with van der Waals surface area (Å²) in [4.78, 5) is 0. The maximum absolute atomic E-state index is 3.78. The van der Waals surface area contributed by atoms with Crippen LogP contribution in [0.5, 0.6) is 0 Å². The lowest BCUT2D eigenvalue weighted by molar-refractivity contribution is 0.176. The van der Waals surface area contributed by atoms with Gasteiger partial charge in [-0.1, -0.05) is 27.7 Å². The van der Waals surface area contributed by atoms with Crippen molar-refractivity contribution in [3.05, 3.63) is 0 Å². The van der Waals surface area contributed by atoms with Crippen molar-refractivity contribution in [2.45, 2.75) is 65.5 Å². The number of nitrogens with one attached hydrogen (secondary N) is 1. The molecule has 1 saturated heterocycles. The molecule has 1 aliphatic heterocycles. The first-order chi connectivity index (χ1) is 6.19. The van der Waals surface area contributed by atoms with Crippen LogP contribution in [0.25, 0.3) is 0 Å². The fourth-order valence-electron chi connectivity index (χ4n) is 2.65. The highest BCUT2D eigenvalue weighted by molar-refractivity contribution is 4.86. The van der Waals surface area contributed by atoms with E-state index < -0.39 is 0 Å². The molecule has 0 aromatic heterocycles. The zero-order chi connectivity index (χ0) is 9.84. The second-order valence-corrected chi connectivity index (χ2v) is 4.77. The highest BCUT2D eigenvalue weighted by Crippen LogP contribution is 2.28. The molecule has 0 aliphatic carbocycles. The number of piperidine rings is 1. The van der Waals surface area contributed by atoms with Crippen molar-refractivity contribution in [3.8, 4) is 0 Å². The Labute approximate surface area is 83.3 Å². The first-order valence-electron chi connectivity index (χ1n) is 5.95. The van der Waals surface area contributed by atoms with Crippen LogP contribution >= 0.6 is 0 Å². The van der Waals surface area contributed by atoms with E-state index in [1.165, 1.54) is 25.7 Å². The number of rotatable bonds is 3. The number of hydrogen-bond acceptors (Lipinski definition) is 1. The molecule has 3 atom stereocenters. The Morgan fingerprint density at radius 3 is 2.31 bits per heavy atom. The summed E-state index contributed by atoms with van der Waals surface area (Å²) in [5.41, 5.74) is 0. The van der Waals surface area contributed by atoms with Crippen molar-refractivity contribution in [1.82, 2.24) is 5.32 Å². The molecule has 3 unspecified atom stereocenters. The van der Waals surface area contributed by atoms with Gasteiger partial charge in [-0.25, -0.2) is 0 Å². The molecule has 0 radical (unpaired) electrons. The molecule has 0 bridgehead atoms. The summed E-state index contributed by atoms with van der Waals surface area (Å²) in [6.45, 7) is 9.33. The summed E-state index contributed by atoms with van der Waals surface area (Å²) < 4.78 is 0. The average Bonchev–Trinajstić information content (AvgIpc) is 2.16. The summed E-state index contributed by atoms with van der Waals surface area (Å²) in [5.74, 6) is 1.75. The lowest BCUT2D eigenvalue weighted by Crippen LogP contribution is -2.48. The largest absolute Gasteiger partial charge is 0.311 e. The van der Waals surface area contributed by atoms with E-state index in [1.807, 2.05) is 0 Å². The second-order valence-electron chi connectivity index (χ2n) is 4.77. The van der Waals surface area contributed by atoms with E-state index in [4.69, 9.17) is 0 Å². The van der Waals surface area contributed by atoms with Crippen LogP contribution in [0.15, 0.2) is 0 Å². The van der Waals surface area contributed by atoms with Crippen molar-refractivity contribution in [3.63, 3.8) is 0 Å². The minimum atomic E-state index is 0.777. The van der Waals surface area contributed by atoms with E-state index in [0.717, 1.165) is 23.9 Å². The van der Waals surface area contributed by atoms with Gasteiger partial charge in [0.15, 0.2) is 0 Å². The van der Waals surface area contributed by atoms with Crippen molar-refractivity contribution in [2.24, 2.45) is 11.8 Å². The van der Waals surface area contributed by atoms with E-state index in [0.29, 0.717) is 0 Å². The van der Waals surface area contributed by atoms with Gasteiger partial charge in [0, 0.05) is 12.1 Å². The molecule has 0 aromatic rings. The summed E-state index contributed by atoms with van der Waals surface area (Å²) >= 11 is 0. The average molecular weight is 183 g/mol. The lowest BCUT2D eigenvalue weighted by atomic mass is 9.79. The van der Waals surface area contributed by atoms with Gasteiger partial charge in [-0.05, 0) is 37.5 Å². The van der Waals surface area contributed by atoms with Crippen LogP contribution in [0.1, 0.15) is 53.4 Å². The molecule has 0 spiro atoms. The van der Waals surface area contributed by atoms with Gasteiger partial charge in [0.05, 0.1) is 0 Å². The Bertz CT molecular complexity index is 142. The van der Waals surface area contributed by atoms with Crippen molar-refractivity contribution in [2.75, 3.05) is 0 Å². The predicted octanol–water partition coefficient (Wildman–Crippen LogP) is 3.20. The van der Waals surface area contributed by atoms with Gasteiger partial charge in [0.2, 0.25) is 0 Å². The molecule has 78 valence electrons. The number of hydrogen-bond donors (Lipinski definition) is 1. The first-order valence-corrected chi connectivity index (χ1v) is 5.95. The minimum absolute atomic E-state index is 0.777. The third kappa shape index (κ3) is 2.70. The SMILES string of the molecule is CCC1CCC(C(C)C)C(CC)N1. The van der Waals surface area contributed by atoms with Gasteiger partial charge < -0.3 is 5.32 Å². The highest BCUT2D eigenvalue weighted by Gasteiger charge is 2.29. The van der Waals surface area contributed by atoms with Crippen LogP contribution in [0.3, 0.4) is 0 Å². The molecule has 1 heteroatoms. The molecular weight excluding hydrogens is 158 g/mol. The van der Waals surface area contributed by atoms with Crippen LogP contribution in [0.4, 0.5) is 0 Å². The van der Waals surface area contributed by atoms with Crippen molar-refractivity contribution in [1.29, 1.82) is 0 Å². The summed E-state index contributed by atoms with van der Waals surface area (Å²) in [7, 11) is 0. The van der Waals surface area contributed by atoms with Crippen LogP contribution in [-0.4, -0.2) is 12.1 Å². The Kier molecular flexibility index (Phi) is 4.24. The summed E-state index contributed by atoms with van der Waals surface area (Å²) in [6, 6.07) is 1.57. The maximum atomic E-state index is 3.78. The van der Waals surface area contributed by atoms with Crippen LogP contribution in [0.2, 0.25) is 0 Å². The molecule has 13 heavy (non-hydrogen) atoms. The van der Waals surface area contributed by atoms with Gasteiger partial charge in [-0.3, -0.25) is 0 Å². The molecule has 1 fully saturated rings. The quantitative estimate of drug-likeness (QED) is 0.708. The van der Waals surface area contributed by atoms with E-state index in [2.05, 4.69) is 33.0 Å². The molecular formula is C12H25N. The van der Waals surface area contributed by atoms with Gasteiger partial charge in [0.25, 0.3) is 0 Å². The zero-order valence-electron chi connectivity index (χ0n) is 9.64. The molecule has 1 N–H and O–H groups in total. The van der Waals surface area contributed by atoms with Gasteiger partial charge in [-0.15, -0.1) is 0 Å². The van der Waals surface area contributed by atoms with Gasteiger partial charge in [-0.2, -0.15) is 0 Å². The molecule has 0 amide bonds. The topological polar surface area (TPSA) is 12.0 Å². The standard InChI is InChI=1S/C12H25N/c1-5-10-7-8-11(9(3)4)12(6-2)13-10/h9-13H,5-8H2,1-4H3. The Hall–Kier alpha value is -0.0400. The van der Waals surface area contributed by atoms with Crippen LogP contribution in [0, 0.1) is 11.8 Å². The molecule has 1 aliphatic rings. The summed E-state index contributed by atoms with van der Waals surface area (Å²) in [5, 5.41) is 3.78. The molecule has 1 heterocycles. The fourth-order valence-corrected chi connectivity index (χ4v) is 2.65. The molecule has 1 nitrogen and oxygen atoms in total. The fraction of sp³-hybridized carbons (Fsp3) is 1.00. The summed E-state index contributed by atoms with van der Waals surface area (Å²) in [6.07, 6.45) is 5.40. The molecule has 0 saturated carbocycles. The second kappa shape index (κ2) is 4.99. The van der Waals surface area contributed by atoms with Gasteiger partial charge in [0.1, 0.15) is 0 Å². The third-order valence-electron chi connectivity index (χ3n) is 3.60. The van der Waals surface area contributed by atoms with Crippen molar-refractivity contribution < 1.29 is 0 Å².